The molecule has 0 fully saturated rings. The lowest BCUT2D eigenvalue weighted by atomic mass is 10.1. The average molecular weight is 269 g/mol. The first-order valence-electron chi connectivity index (χ1n) is 6.35. The molecule has 1 aromatic heterocycles. The van der Waals surface area contributed by atoms with E-state index in [2.05, 4.69) is 15.5 Å². The Bertz CT molecular complexity index is 752. The Labute approximate surface area is 115 Å². The molecule has 1 atom stereocenters. The molecular formula is C15H15N3O2. The van der Waals surface area contributed by atoms with Gasteiger partial charge in [-0.3, -0.25) is 5.10 Å². The summed E-state index contributed by atoms with van der Waals surface area (Å²) < 4.78 is 0. The van der Waals surface area contributed by atoms with Crippen LogP contribution in [-0.4, -0.2) is 20.4 Å². The van der Waals surface area contributed by atoms with Crippen LogP contribution in [-0.2, 0) is 0 Å². The number of H-pyrrole nitrogens is 1. The van der Waals surface area contributed by atoms with Crippen LogP contribution in [0.25, 0.3) is 10.9 Å². The van der Waals surface area contributed by atoms with E-state index in [1.165, 1.54) is 6.07 Å². The SMILES string of the molecule is CC(Nc1cccc2cn[nH]c12)c1ccc(O)cc1O. The first-order valence-corrected chi connectivity index (χ1v) is 6.35. The van der Waals surface area contributed by atoms with E-state index in [4.69, 9.17) is 0 Å². The molecule has 3 rings (SSSR count). The molecule has 0 aliphatic carbocycles. The molecule has 102 valence electrons. The number of nitrogens with one attached hydrogen (secondary N) is 2. The van der Waals surface area contributed by atoms with Gasteiger partial charge in [0.1, 0.15) is 11.5 Å². The number of anilines is 1. The number of phenolic OH excluding ortho intramolecular Hbond substituents is 2. The highest BCUT2D eigenvalue weighted by Gasteiger charge is 2.12. The maximum absolute atomic E-state index is 9.89. The fourth-order valence-corrected chi connectivity index (χ4v) is 2.30. The molecule has 0 saturated carbocycles. The molecule has 5 heteroatoms. The number of benzene rings is 2. The predicted molar refractivity (Wildman–Crippen MR) is 77.9 cm³/mol. The van der Waals surface area contributed by atoms with E-state index in [1.54, 1.807) is 18.3 Å². The number of aromatic nitrogens is 2. The van der Waals surface area contributed by atoms with Crippen molar-refractivity contribution in [3.05, 3.63) is 48.2 Å². The Kier molecular flexibility index (Phi) is 2.95. The van der Waals surface area contributed by atoms with E-state index < -0.39 is 0 Å². The third-order valence-electron chi connectivity index (χ3n) is 3.33. The third-order valence-corrected chi connectivity index (χ3v) is 3.33. The van der Waals surface area contributed by atoms with Crippen LogP contribution in [0.1, 0.15) is 18.5 Å². The van der Waals surface area contributed by atoms with E-state index in [0.717, 1.165) is 22.2 Å². The zero-order valence-electron chi connectivity index (χ0n) is 11.0. The summed E-state index contributed by atoms with van der Waals surface area (Å²) in [5, 5.41) is 30.6. The Morgan fingerprint density at radius 1 is 1.20 bits per heavy atom. The molecule has 0 radical (unpaired) electrons. The zero-order chi connectivity index (χ0) is 14.1. The van der Waals surface area contributed by atoms with Gasteiger partial charge in [-0.05, 0) is 25.1 Å². The summed E-state index contributed by atoms with van der Waals surface area (Å²) in [5.74, 6) is 0.121. The highest BCUT2D eigenvalue weighted by Crippen LogP contribution is 2.31. The minimum Gasteiger partial charge on any atom is -0.508 e. The molecule has 0 aliphatic heterocycles. The summed E-state index contributed by atoms with van der Waals surface area (Å²) >= 11 is 0. The van der Waals surface area contributed by atoms with Gasteiger partial charge in [0.25, 0.3) is 0 Å². The largest absolute Gasteiger partial charge is 0.508 e. The molecule has 1 unspecified atom stereocenters. The van der Waals surface area contributed by atoms with Crippen molar-refractivity contribution in [2.75, 3.05) is 5.32 Å². The molecule has 0 spiro atoms. The number of fused-ring (bicyclic) bond motifs is 1. The highest BCUT2D eigenvalue weighted by molar-refractivity contribution is 5.90. The number of para-hydroxylation sites is 1. The summed E-state index contributed by atoms with van der Waals surface area (Å²) in [6.45, 7) is 1.95. The average Bonchev–Trinajstić information content (AvgIpc) is 2.87. The molecule has 0 bridgehead atoms. The number of nitrogens with zero attached hydrogens (tertiary/aromatic N) is 1. The standard InChI is InChI=1S/C15H15N3O2/c1-9(12-6-5-11(19)7-14(12)20)17-13-4-2-3-10-8-16-18-15(10)13/h2-9,17,19-20H,1H3,(H,16,18). The normalized spacial score (nSPS) is 12.4. The second kappa shape index (κ2) is 4.77. The highest BCUT2D eigenvalue weighted by atomic mass is 16.3. The molecule has 0 saturated heterocycles. The van der Waals surface area contributed by atoms with Crippen LogP contribution in [0.3, 0.4) is 0 Å². The first-order chi connectivity index (χ1) is 9.65. The lowest BCUT2D eigenvalue weighted by molar-refractivity contribution is 0.444. The summed E-state index contributed by atoms with van der Waals surface area (Å²) in [4.78, 5) is 0. The molecular weight excluding hydrogens is 254 g/mol. The topological polar surface area (TPSA) is 81.2 Å². The van der Waals surface area contributed by atoms with Gasteiger partial charge in [0.15, 0.2) is 0 Å². The Morgan fingerprint density at radius 3 is 2.85 bits per heavy atom. The van der Waals surface area contributed by atoms with Gasteiger partial charge >= 0.3 is 0 Å². The molecule has 5 nitrogen and oxygen atoms in total. The number of phenols is 2. The van der Waals surface area contributed by atoms with Gasteiger partial charge in [0, 0.05) is 17.0 Å². The van der Waals surface area contributed by atoms with E-state index >= 15 is 0 Å². The smallest absolute Gasteiger partial charge is 0.124 e. The van der Waals surface area contributed by atoms with Gasteiger partial charge in [-0.25, -0.2) is 0 Å². The summed E-state index contributed by atoms with van der Waals surface area (Å²) in [5.41, 5.74) is 2.57. The lowest BCUT2D eigenvalue weighted by Gasteiger charge is -2.17. The number of aromatic hydroxyl groups is 2. The van der Waals surface area contributed by atoms with Crippen LogP contribution in [0.5, 0.6) is 11.5 Å². The Balaban J connectivity index is 1.92. The van der Waals surface area contributed by atoms with Gasteiger partial charge in [-0.15, -0.1) is 0 Å². The second-order valence-corrected chi connectivity index (χ2v) is 4.75. The van der Waals surface area contributed by atoms with Crippen LogP contribution in [0.15, 0.2) is 42.6 Å². The van der Waals surface area contributed by atoms with Gasteiger partial charge < -0.3 is 15.5 Å². The van der Waals surface area contributed by atoms with Crippen molar-refractivity contribution in [2.45, 2.75) is 13.0 Å². The number of aromatic amines is 1. The lowest BCUT2D eigenvalue weighted by Crippen LogP contribution is -2.07. The van der Waals surface area contributed by atoms with Gasteiger partial charge in [-0.1, -0.05) is 12.1 Å². The summed E-state index contributed by atoms with van der Waals surface area (Å²) in [6.07, 6.45) is 1.77. The number of hydrogen-bond acceptors (Lipinski definition) is 4. The summed E-state index contributed by atoms with van der Waals surface area (Å²) in [6, 6.07) is 10.4. The first kappa shape index (κ1) is 12.3. The van der Waals surface area contributed by atoms with Crippen molar-refractivity contribution < 1.29 is 10.2 Å². The summed E-state index contributed by atoms with van der Waals surface area (Å²) in [7, 11) is 0. The molecule has 1 heterocycles. The van der Waals surface area contributed by atoms with Crippen molar-refractivity contribution in [2.24, 2.45) is 0 Å². The Hall–Kier alpha value is -2.69. The molecule has 0 amide bonds. The number of hydrogen-bond donors (Lipinski definition) is 4. The fourth-order valence-electron chi connectivity index (χ4n) is 2.30. The fraction of sp³-hybridized carbons (Fsp3) is 0.133. The maximum atomic E-state index is 9.89. The zero-order valence-corrected chi connectivity index (χ0v) is 11.0. The van der Waals surface area contributed by atoms with Crippen molar-refractivity contribution in [1.82, 2.24) is 10.2 Å². The monoisotopic (exact) mass is 269 g/mol. The van der Waals surface area contributed by atoms with Crippen LogP contribution in [0, 0.1) is 0 Å². The van der Waals surface area contributed by atoms with Crippen LogP contribution < -0.4 is 5.32 Å². The van der Waals surface area contributed by atoms with Crippen LogP contribution in [0.2, 0.25) is 0 Å². The molecule has 20 heavy (non-hydrogen) atoms. The minimum atomic E-state index is -0.107. The molecule has 3 aromatic rings. The Morgan fingerprint density at radius 2 is 2.05 bits per heavy atom. The van der Waals surface area contributed by atoms with E-state index in [1.807, 2.05) is 25.1 Å². The third kappa shape index (κ3) is 2.14. The van der Waals surface area contributed by atoms with Crippen LogP contribution >= 0.6 is 0 Å². The van der Waals surface area contributed by atoms with Crippen molar-refractivity contribution in [3.63, 3.8) is 0 Å². The van der Waals surface area contributed by atoms with E-state index in [-0.39, 0.29) is 17.5 Å². The second-order valence-electron chi connectivity index (χ2n) is 4.75. The molecule has 2 aromatic carbocycles. The predicted octanol–water partition coefficient (Wildman–Crippen LogP) is 3.15. The van der Waals surface area contributed by atoms with Crippen LogP contribution in [0.4, 0.5) is 5.69 Å². The van der Waals surface area contributed by atoms with Crippen molar-refractivity contribution in [1.29, 1.82) is 0 Å². The quantitative estimate of drug-likeness (QED) is 0.589. The van der Waals surface area contributed by atoms with Crippen molar-refractivity contribution in [3.8, 4) is 11.5 Å². The van der Waals surface area contributed by atoms with Gasteiger partial charge in [0.05, 0.1) is 23.4 Å². The minimum absolute atomic E-state index is 0.0501. The maximum Gasteiger partial charge on any atom is 0.124 e. The van der Waals surface area contributed by atoms with Crippen molar-refractivity contribution >= 4 is 16.6 Å². The van der Waals surface area contributed by atoms with E-state index in [9.17, 15) is 10.2 Å². The number of rotatable bonds is 3. The van der Waals surface area contributed by atoms with E-state index in [0.29, 0.717) is 0 Å². The van der Waals surface area contributed by atoms with Gasteiger partial charge in [0.2, 0.25) is 0 Å². The van der Waals surface area contributed by atoms with Gasteiger partial charge in [-0.2, -0.15) is 5.10 Å². The molecule has 4 N–H and O–H groups in total. The molecule has 0 aliphatic rings.